The van der Waals surface area contributed by atoms with Gasteiger partial charge in [0, 0.05) is 6.42 Å². The van der Waals surface area contributed by atoms with E-state index in [-0.39, 0.29) is 5.54 Å². The van der Waals surface area contributed by atoms with Gasteiger partial charge in [-0.1, -0.05) is 60.7 Å². The van der Waals surface area contributed by atoms with E-state index in [4.69, 9.17) is 0 Å². The fourth-order valence-corrected chi connectivity index (χ4v) is 3.41. The van der Waals surface area contributed by atoms with E-state index in [0.29, 0.717) is 12.3 Å². The summed E-state index contributed by atoms with van der Waals surface area (Å²) < 4.78 is 0. The van der Waals surface area contributed by atoms with Gasteiger partial charge in [-0.05, 0) is 30.0 Å². The lowest BCUT2D eigenvalue weighted by Gasteiger charge is -2.36. The van der Waals surface area contributed by atoms with Crippen molar-refractivity contribution >= 4 is 0 Å². The Hall–Kier alpha value is -2.11. The Morgan fingerprint density at radius 1 is 1.00 bits per heavy atom. The van der Waals surface area contributed by atoms with Crippen LogP contribution in [0.2, 0.25) is 0 Å². The van der Waals surface area contributed by atoms with Crippen LogP contribution < -0.4 is 5.32 Å². The maximum Gasteiger partial charge on any atom is 0.0729 e. The summed E-state index contributed by atoms with van der Waals surface area (Å²) in [5, 5.41) is 12.9. The molecule has 1 heterocycles. The molecule has 0 saturated carbocycles. The third-order valence-corrected chi connectivity index (χ3v) is 4.30. The highest BCUT2D eigenvalue weighted by atomic mass is 15.0. The van der Waals surface area contributed by atoms with Gasteiger partial charge in [0.25, 0.3) is 0 Å². The van der Waals surface area contributed by atoms with Crippen LogP contribution in [0.25, 0.3) is 0 Å². The highest BCUT2D eigenvalue weighted by Crippen LogP contribution is 2.43. The van der Waals surface area contributed by atoms with Crippen molar-refractivity contribution in [2.45, 2.75) is 18.4 Å². The van der Waals surface area contributed by atoms with E-state index in [1.165, 1.54) is 11.1 Å². The van der Waals surface area contributed by atoms with E-state index < -0.39 is 0 Å². The van der Waals surface area contributed by atoms with E-state index in [1.54, 1.807) is 0 Å². The third kappa shape index (κ3) is 2.01. The second-order valence-corrected chi connectivity index (χ2v) is 5.31. The molecular formula is C18H18N2. The molecule has 0 aliphatic carbocycles. The normalized spacial score (nSPS) is 20.4. The Bertz CT molecular complexity index is 559. The number of nitriles is 1. The second kappa shape index (κ2) is 5.48. The fourth-order valence-electron chi connectivity index (χ4n) is 3.41. The SMILES string of the molecule is N#CCC1CCNC1(c1ccccc1)c1ccccc1. The van der Waals surface area contributed by atoms with Gasteiger partial charge < -0.3 is 5.32 Å². The molecule has 1 atom stereocenters. The van der Waals surface area contributed by atoms with Crippen LogP contribution in [0.15, 0.2) is 60.7 Å². The Balaban J connectivity index is 2.16. The first-order chi connectivity index (χ1) is 9.88. The lowest BCUT2D eigenvalue weighted by atomic mass is 9.73. The summed E-state index contributed by atoms with van der Waals surface area (Å²) in [5.74, 6) is 0.317. The number of benzene rings is 2. The molecule has 0 bridgehead atoms. The molecule has 2 aromatic carbocycles. The fraction of sp³-hybridized carbons (Fsp3) is 0.278. The van der Waals surface area contributed by atoms with Crippen molar-refractivity contribution in [1.82, 2.24) is 5.32 Å². The summed E-state index contributed by atoms with van der Waals surface area (Å²) in [5.41, 5.74) is 2.28. The minimum absolute atomic E-state index is 0.224. The van der Waals surface area contributed by atoms with Gasteiger partial charge in [0.1, 0.15) is 0 Å². The average molecular weight is 262 g/mol. The van der Waals surface area contributed by atoms with E-state index in [2.05, 4.69) is 59.9 Å². The van der Waals surface area contributed by atoms with Crippen LogP contribution in [-0.2, 0) is 5.54 Å². The van der Waals surface area contributed by atoms with E-state index >= 15 is 0 Å². The second-order valence-electron chi connectivity index (χ2n) is 5.31. The molecule has 0 aromatic heterocycles. The maximum atomic E-state index is 9.17. The Morgan fingerprint density at radius 3 is 2.05 bits per heavy atom. The molecule has 100 valence electrons. The molecule has 1 N–H and O–H groups in total. The summed E-state index contributed by atoms with van der Waals surface area (Å²) in [4.78, 5) is 0. The van der Waals surface area contributed by atoms with Crippen molar-refractivity contribution in [3.8, 4) is 6.07 Å². The minimum atomic E-state index is -0.224. The van der Waals surface area contributed by atoms with E-state index in [0.717, 1.165) is 13.0 Å². The highest BCUT2D eigenvalue weighted by Gasteiger charge is 2.45. The van der Waals surface area contributed by atoms with Gasteiger partial charge >= 0.3 is 0 Å². The summed E-state index contributed by atoms with van der Waals surface area (Å²) in [6.07, 6.45) is 1.62. The predicted octanol–water partition coefficient (Wildman–Crippen LogP) is 3.45. The number of hydrogen-bond acceptors (Lipinski definition) is 2. The van der Waals surface area contributed by atoms with Gasteiger partial charge in [-0.2, -0.15) is 5.26 Å². The van der Waals surface area contributed by atoms with E-state index in [1.807, 2.05) is 12.1 Å². The van der Waals surface area contributed by atoms with Gasteiger partial charge in [-0.3, -0.25) is 0 Å². The smallest absolute Gasteiger partial charge is 0.0729 e. The molecule has 2 nitrogen and oxygen atoms in total. The number of nitrogens with zero attached hydrogens (tertiary/aromatic N) is 1. The number of hydrogen-bond donors (Lipinski definition) is 1. The first-order valence-electron chi connectivity index (χ1n) is 7.11. The summed E-state index contributed by atoms with van der Waals surface area (Å²) in [6, 6.07) is 23.4. The topological polar surface area (TPSA) is 35.8 Å². The first-order valence-corrected chi connectivity index (χ1v) is 7.11. The molecule has 0 spiro atoms. The molecule has 1 aliphatic rings. The summed E-state index contributed by atoms with van der Waals surface area (Å²) >= 11 is 0. The lowest BCUT2D eigenvalue weighted by molar-refractivity contribution is 0.348. The molecule has 0 radical (unpaired) electrons. The zero-order chi connectivity index (χ0) is 13.8. The zero-order valence-corrected chi connectivity index (χ0v) is 11.4. The van der Waals surface area contributed by atoms with Crippen LogP contribution in [0.3, 0.4) is 0 Å². The summed E-state index contributed by atoms with van der Waals surface area (Å²) in [7, 11) is 0. The van der Waals surface area contributed by atoms with Crippen LogP contribution in [-0.4, -0.2) is 6.54 Å². The Kier molecular flexibility index (Phi) is 3.54. The van der Waals surface area contributed by atoms with Gasteiger partial charge in [-0.15, -0.1) is 0 Å². The quantitative estimate of drug-likeness (QED) is 0.919. The van der Waals surface area contributed by atoms with Crippen molar-refractivity contribution < 1.29 is 0 Å². The van der Waals surface area contributed by atoms with Gasteiger partial charge in [0.2, 0.25) is 0 Å². The minimum Gasteiger partial charge on any atom is -0.303 e. The van der Waals surface area contributed by atoms with Crippen LogP contribution in [0.5, 0.6) is 0 Å². The molecule has 2 aromatic rings. The first kappa shape index (κ1) is 12.9. The van der Waals surface area contributed by atoms with Crippen LogP contribution >= 0.6 is 0 Å². The molecule has 3 rings (SSSR count). The largest absolute Gasteiger partial charge is 0.303 e. The van der Waals surface area contributed by atoms with Gasteiger partial charge in [0.05, 0.1) is 11.6 Å². The van der Waals surface area contributed by atoms with Crippen LogP contribution in [0.4, 0.5) is 0 Å². The Labute approximate surface area is 120 Å². The van der Waals surface area contributed by atoms with Crippen LogP contribution in [0, 0.1) is 17.2 Å². The summed E-state index contributed by atoms with van der Waals surface area (Å²) in [6.45, 7) is 0.954. The Morgan fingerprint density at radius 2 is 1.55 bits per heavy atom. The number of rotatable bonds is 3. The van der Waals surface area contributed by atoms with Gasteiger partial charge in [0.15, 0.2) is 0 Å². The van der Waals surface area contributed by atoms with Crippen LogP contribution in [0.1, 0.15) is 24.0 Å². The van der Waals surface area contributed by atoms with Crippen molar-refractivity contribution in [3.63, 3.8) is 0 Å². The van der Waals surface area contributed by atoms with Crippen molar-refractivity contribution in [1.29, 1.82) is 5.26 Å². The highest BCUT2D eigenvalue weighted by molar-refractivity contribution is 5.41. The molecule has 1 saturated heterocycles. The van der Waals surface area contributed by atoms with E-state index in [9.17, 15) is 5.26 Å². The molecule has 1 fully saturated rings. The lowest BCUT2D eigenvalue weighted by Crippen LogP contribution is -2.43. The molecule has 20 heavy (non-hydrogen) atoms. The molecular weight excluding hydrogens is 244 g/mol. The maximum absolute atomic E-state index is 9.17. The average Bonchev–Trinajstić information content (AvgIpc) is 2.94. The molecule has 1 aliphatic heterocycles. The third-order valence-electron chi connectivity index (χ3n) is 4.30. The molecule has 1 unspecified atom stereocenters. The predicted molar refractivity (Wildman–Crippen MR) is 80.0 cm³/mol. The molecule has 0 amide bonds. The van der Waals surface area contributed by atoms with Gasteiger partial charge in [-0.25, -0.2) is 0 Å². The number of nitrogens with one attached hydrogen (secondary N) is 1. The van der Waals surface area contributed by atoms with Crippen molar-refractivity contribution in [2.75, 3.05) is 6.54 Å². The van der Waals surface area contributed by atoms with Crippen molar-refractivity contribution in [3.05, 3.63) is 71.8 Å². The molecule has 2 heteroatoms. The monoisotopic (exact) mass is 262 g/mol. The zero-order valence-electron chi connectivity index (χ0n) is 11.4. The van der Waals surface area contributed by atoms with Crippen molar-refractivity contribution in [2.24, 2.45) is 5.92 Å². The standard InChI is InChI=1S/C18H18N2/c19-13-11-17-12-14-20-18(17,15-7-3-1-4-8-15)16-9-5-2-6-10-16/h1-10,17,20H,11-12,14H2.